The van der Waals surface area contributed by atoms with Crippen LogP contribution in [0.2, 0.25) is 0 Å². The minimum absolute atomic E-state index is 0.213. The normalized spacial score (nSPS) is 31.8. The molecule has 3 heteroatoms. The Balaban J connectivity index is 2.19. The van der Waals surface area contributed by atoms with Gasteiger partial charge in [-0.05, 0) is 42.0 Å². The van der Waals surface area contributed by atoms with Crippen molar-refractivity contribution in [3.63, 3.8) is 0 Å². The Hall–Kier alpha value is -1.84. The summed E-state index contributed by atoms with van der Waals surface area (Å²) in [4.78, 5) is 0. The van der Waals surface area contributed by atoms with Crippen LogP contribution in [0.3, 0.4) is 0 Å². The summed E-state index contributed by atoms with van der Waals surface area (Å²) < 4.78 is 5.23. The fourth-order valence-electron chi connectivity index (χ4n) is 4.66. The Bertz CT molecular complexity index is 704. The van der Waals surface area contributed by atoms with E-state index in [4.69, 9.17) is 4.74 Å². The lowest BCUT2D eigenvalue weighted by Crippen LogP contribution is -2.48. The lowest BCUT2D eigenvalue weighted by Gasteiger charge is -2.41. The molecule has 0 aromatic heterocycles. The molecule has 0 heterocycles. The number of rotatable bonds is 3. The molecule has 1 aliphatic rings. The standard InChI is InChI=1S/C21H26O3/c1-19(2)14-20(3,22)21(23,16-10-12-17(24-4)13-11-16)18(19)15-8-6-5-7-9-15/h5-13,18,22-23H,14H2,1-4H3. The third-order valence-electron chi connectivity index (χ3n) is 5.48. The van der Waals surface area contributed by atoms with Crippen LogP contribution in [-0.2, 0) is 5.60 Å². The first kappa shape index (κ1) is 17.0. The largest absolute Gasteiger partial charge is 0.497 e. The zero-order chi connectivity index (χ0) is 17.6. The van der Waals surface area contributed by atoms with Gasteiger partial charge < -0.3 is 14.9 Å². The van der Waals surface area contributed by atoms with Crippen LogP contribution in [0.4, 0.5) is 0 Å². The van der Waals surface area contributed by atoms with E-state index in [1.807, 2.05) is 54.6 Å². The average Bonchev–Trinajstić information content (AvgIpc) is 2.69. The van der Waals surface area contributed by atoms with E-state index in [9.17, 15) is 10.2 Å². The highest BCUT2D eigenvalue weighted by Gasteiger charge is 2.64. The van der Waals surface area contributed by atoms with Gasteiger partial charge in [0.15, 0.2) is 0 Å². The maximum atomic E-state index is 11.8. The summed E-state index contributed by atoms with van der Waals surface area (Å²) in [6.45, 7) is 5.96. The molecule has 1 saturated carbocycles. The molecule has 3 atom stereocenters. The Morgan fingerprint density at radius 1 is 0.917 bits per heavy atom. The number of benzene rings is 2. The number of methoxy groups -OCH3 is 1. The van der Waals surface area contributed by atoms with Crippen molar-refractivity contribution in [2.75, 3.05) is 7.11 Å². The predicted molar refractivity (Wildman–Crippen MR) is 95.1 cm³/mol. The fraction of sp³-hybridized carbons (Fsp3) is 0.429. The van der Waals surface area contributed by atoms with Crippen LogP contribution in [0.1, 0.15) is 44.2 Å². The number of ether oxygens (including phenoxy) is 1. The van der Waals surface area contributed by atoms with Crippen LogP contribution in [-0.4, -0.2) is 22.9 Å². The molecule has 2 N–H and O–H groups in total. The highest BCUT2D eigenvalue weighted by atomic mass is 16.5. The van der Waals surface area contributed by atoms with Crippen molar-refractivity contribution in [1.82, 2.24) is 0 Å². The molecule has 24 heavy (non-hydrogen) atoms. The Kier molecular flexibility index (Phi) is 3.97. The Morgan fingerprint density at radius 2 is 1.50 bits per heavy atom. The zero-order valence-corrected chi connectivity index (χ0v) is 14.8. The van der Waals surface area contributed by atoms with E-state index >= 15 is 0 Å². The molecule has 0 aliphatic heterocycles. The van der Waals surface area contributed by atoms with E-state index in [2.05, 4.69) is 13.8 Å². The molecule has 0 saturated heterocycles. The van der Waals surface area contributed by atoms with Gasteiger partial charge in [0.1, 0.15) is 11.4 Å². The van der Waals surface area contributed by atoms with Gasteiger partial charge in [0.25, 0.3) is 0 Å². The van der Waals surface area contributed by atoms with Crippen molar-refractivity contribution < 1.29 is 14.9 Å². The van der Waals surface area contributed by atoms with E-state index in [1.54, 1.807) is 14.0 Å². The first-order chi connectivity index (χ1) is 11.2. The first-order valence-corrected chi connectivity index (χ1v) is 8.36. The second-order valence-electron chi connectivity index (χ2n) is 7.78. The highest BCUT2D eigenvalue weighted by Crippen LogP contribution is 2.63. The second kappa shape index (κ2) is 5.61. The Morgan fingerprint density at radius 3 is 2.04 bits per heavy atom. The summed E-state index contributed by atoms with van der Waals surface area (Å²) in [5.41, 5.74) is -1.10. The van der Waals surface area contributed by atoms with E-state index in [0.717, 1.165) is 11.3 Å². The van der Waals surface area contributed by atoms with E-state index in [0.29, 0.717) is 12.0 Å². The molecule has 0 spiro atoms. The molecular formula is C21H26O3. The van der Waals surface area contributed by atoms with Gasteiger partial charge in [-0.25, -0.2) is 0 Å². The summed E-state index contributed by atoms with van der Waals surface area (Å²) in [7, 11) is 1.62. The SMILES string of the molecule is COc1ccc(C2(O)C(c3ccccc3)C(C)(C)CC2(C)O)cc1. The van der Waals surface area contributed by atoms with Crippen LogP contribution in [0.25, 0.3) is 0 Å². The third-order valence-corrected chi connectivity index (χ3v) is 5.48. The molecule has 2 aromatic carbocycles. The van der Waals surface area contributed by atoms with Gasteiger partial charge in [-0.1, -0.05) is 56.3 Å². The molecule has 0 bridgehead atoms. The zero-order valence-electron chi connectivity index (χ0n) is 14.8. The molecule has 0 radical (unpaired) electrons. The van der Waals surface area contributed by atoms with Gasteiger partial charge in [-0.15, -0.1) is 0 Å². The van der Waals surface area contributed by atoms with Crippen molar-refractivity contribution >= 4 is 0 Å². The molecule has 3 unspecified atom stereocenters. The van der Waals surface area contributed by atoms with Gasteiger partial charge >= 0.3 is 0 Å². The molecule has 1 aliphatic carbocycles. The van der Waals surface area contributed by atoms with Crippen LogP contribution in [0, 0.1) is 5.41 Å². The lowest BCUT2D eigenvalue weighted by atomic mass is 9.69. The van der Waals surface area contributed by atoms with Crippen molar-refractivity contribution in [3.8, 4) is 5.75 Å². The predicted octanol–water partition coefficient (Wildman–Crippen LogP) is 3.85. The fourth-order valence-corrected chi connectivity index (χ4v) is 4.66. The second-order valence-corrected chi connectivity index (χ2v) is 7.78. The molecule has 128 valence electrons. The highest BCUT2D eigenvalue weighted by molar-refractivity contribution is 5.41. The van der Waals surface area contributed by atoms with Crippen molar-refractivity contribution in [2.45, 2.75) is 44.3 Å². The van der Waals surface area contributed by atoms with Crippen LogP contribution in [0.15, 0.2) is 54.6 Å². The van der Waals surface area contributed by atoms with Crippen LogP contribution < -0.4 is 4.74 Å². The summed E-state index contributed by atoms with van der Waals surface area (Å²) in [5, 5.41) is 23.0. The van der Waals surface area contributed by atoms with Crippen molar-refractivity contribution in [2.24, 2.45) is 5.41 Å². The van der Waals surface area contributed by atoms with Crippen molar-refractivity contribution in [3.05, 3.63) is 65.7 Å². The van der Waals surface area contributed by atoms with E-state index in [-0.39, 0.29) is 11.3 Å². The quantitative estimate of drug-likeness (QED) is 0.901. The Labute approximate surface area is 143 Å². The third kappa shape index (κ3) is 2.43. The van der Waals surface area contributed by atoms with Crippen molar-refractivity contribution in [1.29, 1.82) is 0 Å². The summed E-state index contributed by atoms with van der Waals surface area (Å²) >= 11 is 0. The number of hydrogen-bond acceptors (Lipinski definition) is 3. The van der Waals surface area contributed by atoms with Crippen LogP contribution >= 0.6 is 0 Å². The molecule has 1 fully saturated rings. The monoisotopic (exact) mass is 326 g/mol. The molecule has 2 aromatic rings. The van der Waals surface area contributed by atoms with Gasteiger partial charge in [0.2, 0.25) is 0 Å². The van der Waals surface area contributed by atoms with E-state index in [1.165, 1.54) is 0 Å². The smallest absolute Gasteiger partial charge is 0.125 e. The van der Waals surface area contributed by atoms with E-state index < -0.39 is 11.2 Å². The summed E-state index contributed by atoms with van der Waals surface area (Å²) in [6, 6.07) is 17.4. The molecule has 3 rings (SSSR count). The average molecular weight is 326 g/mol. The van der Waals surface area contributed by atoms with Gasteiger partial charge in [0.05, 0.1) is 12.7 Å². The first-order valence-electron chi connectivity index (χ1n) is 8.36. The minimum atomic E-state index is -1.37. The maximum absolute atomic E-state index is 11.8. The lowest BCUT2D eigenvalue weighted by molar-refractivity contribution is -0.134. The number of hydrogen-bond donors (Lipinski definition) is 2. The molecule has 0 amide bonds. The number of aliphatic hydroxyl groups is 2. The maximum Gasteiger partial charge on any atom is 0.125 e. The molecule has 3 nitrogen and oxygen atoms in total. The van der Waals surface area contributed by atoms with Gasteiger partial charge in [-0.2, -0.15) is 0 Å². The van der Waals surface area contributed by atoms with Gasteiger partial charge in [0, 0.05) is 5.92 Å². The summed E-state index contributed by atoms with van der Waals surface area (Å²) in [5.74, 6) is 0.519. The van der Waals surface area contributed by atoms with Crippen LogP contribution in [0.5, 0.6) is 5.75 Å². The van der Waals surface area contributed by atoms with Gasteiger partial charge in [-0.3, -0.25) is 0 Å². The topological polar surface area (TPSA) is 49.7 Å². The molecular weight excluding hydrogens is 300 g/mol. The minimum Gasteiger partial charge on any atom is -0.497 e. The summed E-state index contributed by atoms with van der Waals surface area (Å²) in [6.07, 6.45) is 0.516.